The van der Waals surface area contributed by atoms with Gasteiger partial charge in [-0.15, -0.1) is 0 Å². The van der Waals surface area contributed by atoms with Gasteiger partial charge in [-0.25, -0.2) is 5.43 Å². The lowest BCUT2D eigenvalue weighted by molar-refractivity contribution is -0.136. The second kappa shape index (κ2) is 12.0. The summed E-state index contributed by atoms with van der Waals surface area (Å²) in [6, 6.07) is 20.8. The van der Waals surface area contributed by atoms with Gasteiger partial charge in [0.1, 0.15) is 5.75 Å². The van der Waals surface area contributed by atoms with Crippen molar-refractivity contribution in [2.75, 3.05) is 36.2 Å². The summed E-state index contributed by atoms with van der Waals surface area (Å²) in [7, 11) is 3.87. The van der Waals surface area contributed by atoms with E-state index in [0.717, 1.165) is 11.3 Å². The van der Waals surface area contributed by atoms with Crippen molar-refractivity contribution < 1.29 is 19.1 Å². The summed E-state index contributed by atoms with van der Waals surface area (Å²) in [6.45, 7) is 2.43. The van der Waals surface area contributed by atoms with Gasteiger partial charge in [0.2, 0.25) is 0 Å². The molecule has 0 aliphatic rings. The molecule has 0 saturated carbocycles. The standard InChI is InChI=1S/C26H27N5O4/c1-4-35-21-15-11-19(12-16-21)28-24(32)22-7-5-6-8-23(22)29-25(33)26(34)30-27-17-18-9-13-20(14-10-18)31(2)3/h5-17H,4H2,1-3H3,(H,28,32)(H,29,33)(H,30,34)/b27-17-. The van der Waals surface area contributed by atoms with Crippen LogP contribution < -0.4 is 25.7 Å². The van der Waals surface area contributed by atoms with E-state index in [2.05, 4.69) is 21.2 Å². The second-order valence-electron chi connectivity index (χ2n) is 7.60. The molecule has 3 amide bonds. The molecule has 0 fully saturated rings. The van der Waals surface area contributed by atoms with Crippen LogP contribution in [0.25, 0.3) is 0 Å². The van der Waals surface area contributed by atoms with Crippen molar-refractivity contribution in [2.45, 2.75) is 6.92 Å². The first kappa shape index (κ1) is 25.0. The van der Waals surface area contributed by atoms with Crippen molar-refractivity contribution in [3.63, 3.8) is 0 Å². The van der Waals surface area contributed by atoms with Gasteiger partial charge < -0.3 is 20.3 Å². The second-order valence-corrected chi connectivity index (χ2v) is 7.60. The Hall–Kier alpha value is -4.66. The molecule has 0 aromatic heterocycles. The first-order chi connectivity index (χ1) is 16.9. The van der Waals surface area contributed by atoms with E-state index in [4.69, 9.17) is 4.74 Å². The number of benzene rings is 3. The quantitative estimate of drug-likeness (QED) is 0.263. The topological polar surface area (TPSA) is 112 Å². The number of para-hydroxylation sites is 1. The third kappa shape index (κ3) is 7.16. The number of hydrazone groups is 1. The first-order valence-corrected chi connectivity index (χ1v) is 10.9. The van der Waals surface area contributed by atoms with Crippen LogP contribution in [0, 0.1) is 0 Å². The average Bonchev–Trinajstić information content (AvgIpc) is 2.86. The van der Waals surface area contributed by atoms with Crippen molar-refractivity contribution in [1.29, 1.82) is 0 Å². The van der Waals surface area contributed by atoms with Crippen LogP contribution in [0.1, 0.15) is 22.8 Å². The number of carbonyl (C=O) groups is 3. The van der Waals surface area contributed by atoms with E-state index in [1.807, 2.05) is 50.2 Å². The minimum Gasteiger partial charge on any atom is -0.494 e. The predicted octanol–water partition coefficient (Wildman–Crippen LogP) is 3.49. The number of ether oxygens (including phenoxy) is 1. The summed E-state index contributed by atoms with van der Waals surface area (Å²) in [5.74, 6) is -1.67. The van der Waals surface area contributed by atoms with Crippen LogP contribution in [0.15, 0.2) is 77.9 Å². The van der Waals surface area contributed by atoms with Crippen molar-refractivity contribution in [3.8, 4) is 5.75 Å². The number of hydrogen-bond donors (Lipinski definition) is 3. The van der Waals surface area contributed by atoms with Crippen molar-refractivity contribution in [2.24, 2.45) is 5.10 Å². The molecule has 0 radical (unpaired) electrons. The highest BCUT2D eigenvalue weighted by atomic mass is 16.5. The zero-order chi connectivity index (χ0) is 25.2. The fourth-order valence-electron chi connectivity index (χ4n) is 3.04. The number of nitrogens with zero attached hydrogens (tertiary/aromatic N) is 2. The molecule has 3 aromatic carbocycles. The van der Waals surface area contributed by atoms with Gasteiger partial charge in [-0.1, -0.05) is 24.3 Å². The third-order valence-corrected chi connectivity index (χ3v) is 4.84. The van der Waals surface area contributed by atoms with Crippen LogP contribution in [0.2, 0.25) is 0 Å². The Labute approximate surface area is 203 Å². The predicted molar refractivity (Wildman–Crippen MR) is 137 cm³/mol. The van der Waals surface area contributed by atoms with Crippen LogP contribution in [-0.2, 0) is 9.59 Å². The molecule has 3 N–H and O–H groups in total. The zero-order valence-electron chi connectivity index (χ0n) is 19.7. The van der Waals surface area contributed by atoms with Crippen LogP contribution in [0.5, 0.6) is 5.75 Å². The molecule has 0 bridgehead atoms. The highest BCUT2D eigenvalue weighted by Crippen LogP contribution is 2.20. The molecule has 0 heterocycles. The summed E-state index contributed by atoms with van der Waals surface area (Å²) in [5.41, 5.74) is 4.92. The Bertz CT molecular complexity index is 1210. The number of carbonyl (C=O) groups excluding carboxylic acids is 3. The fourth-order valence-corrected chi connectivity index (χ4v) is 3.04. The van der Waals surface area contributed by atoms with E-state index >= 15 is 0 Å². The number of hydrogen-bond acceptors (Lipinski definition) is 6. The number of rotatable bonds is 8. The largest absolute Gasteiger partial charge is 0.494 e. The van der Waals surface area contributed by atoms with Crippen molar-refractivity contribution in [3.05, 3.63) is 83.9 Å². The Morgan fingerprint density at radius 1 is 0.886 bits per heavy atom. The number of anilines is 3. The first-order valence-electron chi connectivity index (χ1n) is 10.9. The Kier molecular flexibility index (Phi) is 8.55. The monoisotopic (exact) mass is 473 g/mol. The molecule has 0 aliphatic heterocycles. The number of amides is 3. The van der Waals surface area contributed by atoms with Gasteiger partial charge in [0.15, 0.2) is 0 Å². The maximum absolute atomic E-state index is 12.8. The van der Waals surface area contributed by atoms with Crippen LogP contribution in [0.4, 0.5) is 17.1 Å². The summed E-state index contributed by atoms with van der Waals surface area (Å²) in [6.07, 6.45) is 1.43. The van der Waals surface area contributed by atoms with Gasteiger partial charge in [-0.2, -0.15) is 5.10 Å². The van der Waals surface area contributed by atoms with Gasteiger partial charge in [-0.05, 0) is 61.0 Å². The lowest BCUT2D eigenvalue weighted by Crippen LogP contribution is -2.33. The smallest absolute Gasteiger partial charge is 0.329 e. The Morgan fingerprint density at radius 3 is 2.23 bits per heavy atom. The minimum absolute atomic E-state index is 0.194. The molecule has 0 saturated heterocycles. The summed E-state index contributed by atoms with van der Waals surface area (Å²) >= 11 is 0. The molecule has 3 rings (SSSR count). The molecule has 9 heteroatoms. The Balaban J connectivity index is 1.59. The van der Waals surface area contributed by atoms with E-state index in [9.17, 15) is 14.4 Å². The maximum atomic E-state index is 12.8. The van der Waals surface area contributed by atoms with E-state index in [-0.39, 0.29) is 11.3 Å². The van der Waals surface area contributed by atoms with Gasteiger partial charge in [0.05, 0.1) is 24.1 Å². The SMILES string of the molecule is CCOc1ccc(NC(=O)c2ccccc2NC(=O)C(=O)N/N=C\c2ccc(N(C)C)cc2)cc1. The molecule has 0 atom stereocenters. The highest BCUT2D eigenvalue weighted by molar-refractivity contribution is 6.40. The lowest BCUT2D eigenvalue weighted by atomic mass is 10.1. The summed E-state index contributed by atoms with van der Waals surface area (Å²) in [4.78, 5) is 39.3. The van der Waals surface area contributed by atoms with E-state index in [0.29, 0.717) is 18.0 Å². The summed E-state index contributed by atoms with van der Waals surface area (Å²) < 4.78 is 5.39. The lowest BCUT2D eigenvalue weighted by Gasteiger charge is -2.12. The van der Waals surface area contributed by atoms with Gasteiger partial charge in [0.25, 0.3) is 5.91 Å². The molecule has 3 aromatic rings. The average molecular weight is 474 g/mol. The van der Waals surface area contributed by atoms with Crippen molar-refractivity contribution in [1.82, 2.24) is 5.43 Å². The molecule has 0 unspecified atom stereocenters. The van der Waals surface area contributed by atoms with E-state index in [1.165, 1.54) is 12.3 Å². The zero-order valence-corrected chi connectivity index (χ0v) is 19.7. The molecule has 0 aliphatic carbocycles. The molecule has 0 spiro atoms. The molecule has 9 nitrogen and oxygen atoms in total. The normalized spacial score (nSPS) is 10.5. The minimum atomic E-state index is -0.965. The van der Waals surface area contributed by atoms with Gasteiger partial charge in [-0.3, -0.25) is 14.4 Å². The number of nitrogens with one attached hydrogen (secondary N) is 3. The van der Waals surface area contributed by atoms with Gasteiger partial charge >= 0.3 is 11.8 Å². The molecule has 35 heavy (non-hydrogen) atoms. The molecular weight excluding hydrogens is 446 g/mol. The third-order valence-electron chi connectivity index (χ3n) is 4.84. The Morgan fingerprint density at radius 2 is 1.57 bits per heavy atom. The van der Waals surface area contributed by atoms with Crippen LogP contribution in [-0.4, -0.2) is 44.6 Å². The van der Waals surface area contributed by atoms with E-state index < -0.39 is 17.7 Å². The maximum Gasteiger partial charge on any atom is 0.329 e. The van der Waals surface area contributed by atoms with Crippen molar-refractivity contribution >= 4 is 41.0 Å². The fraction of sp³-hybridized carbons (Fsp3) is 0.154. The van der Waals surface area contributed by atoms with E-state index in [1.54, 1.807) is 42.5 Å². The molecule has 180 valence electrons. The van der Waals surface area contributed by atoms with Crippen LogP contribution >= 0.6 is 0 Å². The van der Waals surface area contributed by atoms with Crippen LogP contribution in [0.3, 0.4) is 0 Å². The highest BCUT2D eigenvalue weighted by Gasteiger charge is 2.17. The molecular formula is C26H27N5O4. The summed E-state index contributed by atoms with van der Waals surface area (Å²) in [5, 5.41) is 9.04. The van der Waals surface area contributed by atoms with Gasteiger partial charge in [0, 0.05) is 25.5 Å².